The minimum Gasteiger partial charge on any atom is -0.497 e. The second-order valence-corrected chi connectivity index (χ2v) is 9.79. The predicted molar refractivity (Wildman–Crippen MR) is 115 cm³/mol. The van der Waals surface area contributed by atoms with E-state index in [1.54, 1.807) is 13.2 Å². The Bertz CT molecular complexity index is 935. The van der Waals surface area contributed by atoms with Crippen LogP contribution < -0.4 is 9.46 Å². The second-order valence-electron chi connectivity index (χ2n) is 8.02. The van der Waals surface area contributed by atoms with Crippen LogP contribution in [0.5, 0.6) is 5.75 Å². The number of sulfonamides is 1. The van der Waals surface area contributed by atoms with E-state index < -0.39 is 10.0 Å². The molecule has 0 radical (unpaired) electrons. The van der Waals surface area contributed by atoms with Gasteiger partial charge in [0, 0.05) is 12.6 Å². The number of hydrogen-bond donors (Lipinski definition) is 1. The van der Waals surface area contributed by atoms with Crippen molar-refractivity contribution in [3.05, 3.63) is 59.2 Å². The molecule has 1 atom stereocenters. The van der Waals surface area contributed by atoms with Gasteiger partial charge in [-0.05, 0) is 92.6 Å². The van der Waals surface area contributed by atoms with Gasteiger partial charge in [-0.15, -0.1) is 0 Å². The normalized spacial score (nSPS) is 18.4. The Balaban J connectivity index is 1.52. The molecule has 4 rings (SSSR count). The molecule has 1 aliphatic carbocycles. The fourth-order valence-corrected chi connectivity index (χ4v) is 5.57. The summed E-state index contributed by atoms with van der Waals surface area (Å²) in [6.45, 7) is 2.36. The van der Waals surface area contributed by atoms with Crippen molar-refractivity contribution < 1.29 is 13.2 Å². The van der Waals surface area contributed by atoms with Crippen molar-refractivity contribution in [2.24, 2.45) is 0 Å². The fourth-order valence-electron chi connectivity index (χ4n) is 4.49. The number of nitrogens with zero attached hydrogens (tertiary/aromatic N) is 1. The highest BCUT2D eigenvalue weighted by atomic mass is 32.2. The molecule has 0 saturated carbocycles. The van der Waals surface area contributed by atoms with Crippen LogP contribution in [-0.2, 0) is 22.9 Å². The summed E-state index contributed by atoms with van der Waals surface area (Å²) < 4.78 is 34.2. The Hall–Kier alpha value is -1.89. The summed E-state index contributed by atoms with van der Waals surface area (Å²) in [5.74, 6) is 0.809. The van der Waals surface area contributed by atoms with Crippen molar-refractivity contribution in [2.45, 2.75) is 49.5 Å². The molecule has 1 N–H and O–H groups in total. The molecule has 156 valence electrons. The summed E-state index contributed by atoms with van der Waals surface area (Å²) in [6, 6.07) is 13.6. The van der Waals surface area contributed by atoms with Gasteiger partial charge >= 0.3 is 0 Å². The highest BCUT2D eigenvalue weighted by molar-refractivity contribution is 7.89. The van der Waals surface area contributed by atoms with Gasteiger partial charge in [0.2, 0.25) is 10.0 Å². The van der Waals surface area contributed by atoms with Crippen LogP contribution >= 0.6 is 0 Å². The van der Waals surface area contributed by atoms with Crippen molar-refractivity contribution in [1.82, 2.24) is 9.62 Å². The molecule has 0 aromatic heterocycles. The van der Waals surface area contributed by atoms with Gasteiger partial charge in [0.15, 0.2) is 0 Å². The number of hydrogen-bond acceptors (Lipinski definition) is 4. The van der Waals surface area contributed by atoms with Crippen LogP contribution in [0.3, 0.4) is 0 Å². The molecule has 1 fully saturated rings. The molecule has 6 heteroatoms. The average Bonchev–Trinajstić information content (AvgIpc) is 3.28. The topological polar surface area (TPSA) is 58.6 Å². The summed E-state index contributed by atoms with van der Waals surface area (Å²) in [4.78, 5) is 2.75. The third-order valence-corrected chi connectivity index (χ3v) is 7.60. The molecule has 1 saturated heterocycles. The Morgan fingerprint density at radius 2 is 1.66 bits per heavy atom. The largest absolute Gasteiger partial charge is 0.497 e. The third-order valence-electron chi connectivity index (χ3n) is 6.18. The highest BCUT2D eigenvalue weighted by Gasteiger charge is 2.26. The minimum absolute atomic E-state index is 0.0239. The zero-order chi connectivity index (χ0) is 20.3. The Morgan fingerprint density at radius 3 is 2.34 bits per heavy atom. The Labute approximate surface area is 174 Å². The van der Waals surface area contributed by atoms with Gasteiger partial charge < -0.3 is 4.74 Å². The quantitative estimate of drug-likeness (QED) is 0.751. The summed E-state index contributed by atoms with van der Waals surface area (Å²) in [5, 5.41) is 0. The number of fused-ring (bicyclic) bond motifs is 1. The van der Waals surface area contributed by atoms with E-state index in [4.69, 9.17) is 4.74 Å². The van der Waals surface area contributed by atoms with Crippen molar-refractivity contribution in [2.75, 3.05) is 26.7 Å². The van der Waals surface area contributed by atoms with Gasteiger partial charge in [0.25, 0.3) is 0 Å². The first kappa shape index (κ1) is 20.4. The molecule has 1 unspecified atom stereocenters. The number of ether oxygens (including phenoxy) is 1. The maximum atomic E-state index is 13.0. The summed E-state index contributed by atoms with van der Waals surface area (Å²) >= 11 is 0. The standard InChI is InChI=1S/C23H30N2O3S/c1-28-21-11-8-19(9-12-21)23(25-14-4-5-15-25)17-24-29(26,27)22-13-10-18-6-2-3-7-20(18)16-22/h8-13,16,23-24H,2-7,14-15,17H2,1H3. The molecule has 2 aromatic rings. The lowest BCUT2D eigenvalue weighted by molar-refractivity contribution is 0.246. The van der Waals surface area contributed by atoms with Crippen LogP contribution in [0, 0.1) is 0 Å². The minimum atomic E-state index is -3.54. The molecule has 0 spiro atoms. The highest BCUT2D eigenvalue weighted by Crippen LogP contribution is 2.28. The van der Waals surface area contributed by atoms with Crippen molar-refractivity contribution in [3.63, 3.8) is 0 Å². The number of rotatable bonds is 7. The first-order chi connectivity index (χ1) is 14.1. The maximum absolute atomic E-state index is 13.0. The summed E-state index contributed by atoms with van der Waals surface area (Å²) in [6.07, 6.45) is 6.67. The monoisotopic (exact) mass is 414 g/mol. The van der Waals surface area contributed by atoms with Gasteiger partial charge in [-0.3, -0.25) is 4.90 Å². The summed E-state index contributed by atoms with van der Waals surface area (Å²) in [5.41, 5.74) is 3.59. The van der Waals surface area contributed by atoms with E-state index in [2.05, 4.69) is 9.62 Å². The molecule has 0 bridgehead atoms. The Morgan fingerprint density at radius 1 is 0.966 bits per heavy atom. The molecule has 2 aromatic carbocycles. The van der Waals surface area contributed by atoms with Gasteiger partial charge in [-0.1, -0.05) is 18.2 Å². The zero-order valence-corrected chi connectivity index (χ0v) is 17.9. The van der Waals surface area contributed by atoms with Crippen LogP contribution in [-0.4, -0.2) is 40.1 Å². The van der Waals surface area contributed by atoms with Crippen LogP contribution in [0.2, 0.25) is 0 Å². The molecular weight excluding hydrogens is 384 g/mol. The molecule has 0 amide bonds. The van der Waals surface area contributed by atoms with Gasteiger partial charge in [-0.25, -0.2) is 13.1 Å². The number of methoxy groups -OCH3 is 1. The number of benzene rings is 2. The lowest BCUT2D eigenvalue weighted by Crippen LogP contribution is -2.36. The fraction of sp³-hybridized carbons (Fsp3) is 0.478. The van der Waals surface area contributed by atoms with Crippen LogP contribution in [0.1, 0.15) is 48.4 Å². The lowest BCUT2D eigenvalue weighted by atomic mass is 9.92. The number of nitrogens with one attached hydrogen (secondary N) is 1. The first-order valence-electron chi connectivity index (χ1n) is 10.6. The zero-order valence-electron chi connectivity index (χ0n) is 17.1. The maximum Gasteiger partial charge on any atom is 0.240 e. The van der Waals surface area contributed by atoms with E-state index in [1.165, 1.54) is 17.5 Å². The van der Waals surface area contributed by atoms with E-state index in [-0.39, 0.29) is 6.04 Å². The predicted octanol–water partition coefficient (Wildman–Crippen LogP) is 3.69. The molecule has 1 aliphatic heterocycles. The van der Waals surface area contributed by atoms with E-state index in [0.29, 0.717) is 11.4 Å². The average molecular weight is 415 g/mol. The van der Waals surface area contributed by atoms with Gasteiger partial charge in [0.05, 0.1) is 12.0 Å². The number of likely N-dealkylation sites (tertiary alicyclic amines) is 1. The molecular formula is C23H30N2O3S. The number of aryl methyl sites for hydroxylation is 2. The van der Waals surface area contributed by atoms with E-state index in [0.717, 1.165) is 56.5 Å². The van der Waals surface area contributed by atoms with Gasteiger partial charge in [0.1, 0.15) is 5.75 Å². The third kappa shape index (κ3) is 4.65. The van der Waals surface area contributed by atoms with Crippen LogP contribution in [0.15, 0.2) is 47.4 Å². The first-order valence-corrected chi connectivity index (χ1v) is 12.0. The Kier molecular flexibility index (Phi) is 6.23. The van der Waals surface area contributed by atoms with E-state index in [1.807, 2.05) is 36.4 Å². The van der Waals surface area contributed by atoms with Crippen LogP contribution in [0.4, 0.5) is 0 Å². The molecule has 1 heterocycles. The second kappa shape index (κ2) is 8.86. The lowest BCUT2D eigenvalue weighted by Gasteiger charge is -2.28. The molecule has 29 heavy (non-hydrogen) atoms. The molecule has 2 aliphatic rings. The van der Waals surface area contributed by atoms with Crippen molar-refractivity contribution in [1.29, 1.82) is 0 Å². The summed E-state index contributed by atoms with van der Waals surface area (Å²) in [7, 11) is -1.89. The van der Waals surface area contributed by atoms with Crippen molar-refractivity contribution >= 4 is 10.0 Å². The molecule has 5 nitrogen and oxygen atoms in total. The SMILES string of the molecule is COc1ccc(C(CNS(=O)(=O)c2ccc3c(c2)CCCC3)N2CCCC2)cc1. The van der Waals surface area contributed by atoms with E-state index in [9.17, 15) is 8.42 Å². The van der Waals surface area contributed by atoms with Crippen LogP contribution in [0.25, 0.3) is 0 Å². The van der Waals surface area contributed by atoms with Crippen molar-refractivity contribution in [3.8, 4) is 5.75 Å². The van der Waals surface area contributed by atoms with Gasteiger partial charge in [-0.2, -0.15) is 0 Å². The smallest absolute Gasteiger partial charge is 0.240 e. The van der Waals surface area contributed by atoms with E-state index >= 15 is 0 Å².